The average Bonchev–Trinajstić information content (AvgIpc) is 1.61. The lowest BCUT2D eigenvalue weighted by molar-refractivity contribution is -0.0460. The van der Waals surface area contributed by atoms with Gasteiger partial charge in [0.1, 0.15) is 0 Å². The van der Waals surface area contributed by atoms with E-state index in [2.05, 4.69) is 12.6 Å². The minimum atomic E-state index is -1.16. The monoisotopic (exact) mass is 136 g/mol. The quantitative estimate of drug-likeness (QED) is 0.388. The smallest absolute Gasteiger partial charge is 0.151 e. The van der Waals surface area contributed by atoms with E-state index in [1.54, 1.807) is 0 Å². The molecule has 0 saturated heterocycles. The van der Waals surface area contributed by atoms with E-state index in [0.717, 1.165) is 6.42 Å². The maximum atomic E-state index is 8.32. The van der Waals surface area contributed by atoms with Crippen molar-refractivity contribution in [3.63, 3.8) is 0 Å². The third kappa shape index (κ3) is 6.27. The summed E-state index contributed by atoms with van der Waals surface area (Å²) >= 11 is 4.05. The van der Waals surface area contributed by atoms with Gasteiger partial charge in [0.15, 0.2) is 6.29 Å². The van der Waals surface area contributed by atoms with Crippen LogP contribution in [0, 0.1) is 0 Å². The predicted octanol–water partition coefficient (Wildman–Crippen LogP) is 0.396. The molecule has 0 fully saturated rings. The van der Waals surface area contributed by atoms with Crippen molar-refractivity contribution < 1.29 is 10.2 Å². The molecule has 0 spiro atoms. The van der Waals surface area contributed by atoms with Gasteiger partial charge >= 0.3 is 0 Å². The zero-order valence-electron chi connectivity index (χ0n) is 4.91. The normalized spacial score (nSPS) is 14.6. The first-order valence-corrected chi connectivity index (χ1v) is 3.18. The Labute approximate surface area is 54.9 Å². The first-order valence-electron chi connectivity index (χ1n) is 2.67. The molecule has 0 radical (unpaired) electrons. The number of aliphatic hydroxyl groups is 2. The zero-order chi connectivity index (χ0) is 6.57. The SMILES string of the molecule is CC(S)CCC(O)O. The van der Waals surface area contributed by atoms with Gasteiger partial charge in [-0.25, -0.2) is 0 Å². The average molecular weight is 136 g/mol. The van der Waals surface area contributed by atoms with Gasteiger partial charge in [-0.3, -0.25) is 0 Å². The molecule has 8 heavy (non-hydrogen) atoms. The van der Waals surface area contributed by atoms with E-state index in [9.17, 15) is 0 Å². The first-order chi connectivity index (χ1) is 3.63. The van der Waals surface area contributed by atoms with Crippen LogP contribution in [0.4, 0.5) is 0 Å². The van der Waals surface area contributed by atoms with Gasteiger partial charge in [0.25, 0.3) is 0 Å². The fraction of sp³-hybridized carbons (Fsp3) is 1.00. The number of hydrogen-bond acceptors (Lipinski definition) is 3. The van der Waals surface area contributed by atoms with E-state index >= 15 is 0 Å². The van der Waals surface area contributed by atoms with Gasteiger partial charge in [-0.15, -0.1) is 0 Å². The summed E-state index contributed by atoms with van der Waals surface area (Å²) in [5, 5.41) is 16.9. The molecule has 1 unspecified atom stereocenters. The van der Waals surface area contributed by atoms with Crippen LogP contribution in [-0.4, -0.2) is 21.8 Å². The molecule has 0 aliphatic carbocycles. The lowest BCUT2D eigenvalue weighted by Gasteiger charge is -2.03. The molecule has 0 heterocycles. The van der Waals surface area contributed by atoms with Crippen molar-refractivity contribution in [2.24, 2.45) is 0 Å². The molecule has 0 aromatic heterocycles. The molecule has 0 rings (SSSR count). The Kier molecular flexibility index (Phi) is 4.32. The van der Waals surface area contributed by atoms with E-state index in [-0.39, 0.29) is 5.25 Å². The maximum absolute atomic E-state index is 8.32. The molecule has 0 bridgehead atoms. The highest BCUT2D eigenvalue weighted by Gasteiger charge is 1.98. The van der Waals surface area contributed by atoms with Gasteiger partial charge in [0, 0.05) is 0 Å². The fourth-order valence-electron chi connectivity index (χ4n) is 0.390. The van der Waals surface area contributed by atoms with Crippen LogP contribution in [0.2, 0.25) is 0 Å². The Bertz CT molecular complexity index is 46.4. The largest absolute Gasteiger partial charge is 0.368 e. The lowest BCUT2D eigenvalue weighted by Crippen LogP contribution is -2.06. The molecular weight excluding hydrogens is 124 g/mol. The summed E-state index contributed by atoms with van der Waals surface area (Å²) in [4.78, 5) is 0. The van der Waals surface area contributed by atoms with Gasteiger partial charge in [0.2, 0.25) is 0 Å². The van der Waals surface area contributed by atoms with Crippen LogP contribution in [0.15, 0.2) is 0 Å². The van der Waals surface area contributed by atoms with E-state index in [4.69, 9.17) is 10.2 Å². The van der Waals surface area contributed by atoms with Crippen molar-refractivity contribution in [3.05, 3.63) is 0 Å². The molecule has 1 atom stereocenters. The first kappa shape index (κ1) is 8.27. The minimum Gasteiger partial charge on any atom is -0.368 e. The van der Waals surface area contributed by atoms with E-state index in [0.29, 0.717) is 6.42 Å². The summed E-state index contributed by atoms with van der Waals surface area (Å²) in [7, 11) is 0. The van der Waals surface area contributed by atoms with Crippen molar-refractivity contribution in [1.29, 1.82) is 0 Å². The molecule has 0 amide bonds. The summed E-state index contributed by atoms with van der Waals surface area (Å²) in [6, 6.07) is 0. The molecular formula is C5H12O2S. The fourth-order valence-corrected chi connectivity index (χ4v) is 0.539. The van der Waals surface area contributed by atoms with Crippen LogP contribution in [0.25, 0.3) is 0 Å². The zero-order valence-corrected chi connectivity index (χ0v) is 5.80. The molecule has 0 aliphatic heterocycles. The maximum Gasteiger partial charge on any atom is 0.151 e. The van der Waals surface area contributed by atoms with Crippen LogP contribution in [0.1, 0.15) is 19.8 Å². The van der Waals surface area contributed by atoms with Gasteiger partial charge in [0.05, 0.1) is 0 Å². The molecule has 0 aliphatic rings. The van der Waals surface area contributed by atoms with Crippen molar-refractivity contribution >= 4 is 12.6 Å². The van der Waals surface area contributed by atoms with E-state index in [1.807, 2.05) is 6.92 Å². The predicted molar refractivity (Wildman–Crippen MR) is 35.9 cm³/mol. The second-order valence-electron chi connectivity index (χ2n) is 1.91. The molecule has 0 saturated carbocycles. The van der Waals surface area contributed by atoms with Crippen LogP contribution in [0.3, 0.4) is 0 Å². The number of rotatable bonds is 3. The highest BCUT2D eigenvalue weighted by Crippen LogP contribution is 2.03. The Morgan fingerprint density at radius 2 is 1.88 bits per heavy atom. The van der Waals surface area contributed by atoms with Crippen LogP contribution < -0.4 is 0 Å². The Balaban J connectivity index is 2.93. The molecule has 3 heteroatoms. The topological polar surface area (TPSA) is 40.5 Å². The van der Waals surface area contributed by atoms with Crippen molar-refractivity contribution in [1.82, 2.24) is 0 Å². The van der Waals surface area contributed by atoms with Gasteiger partial charge < -0.3 is 10.2 Å². The Morgan fingerprint density at radius 1 is 1.38 bits per heavy atom. The third-order valence-corrected chi connectivity index (χ3v) is 1.10. The second kappa shape index (κ2) is 4.18. The summed E-state index contributed by atoms with van der Waals surface area (Å²) < 4.78 is 0. The van der Waals surface area contributed by atoms with Crippen molar-refractivity contribution in [2.45, 2.75) is 31.3 Å². The minimum absolute atomic E-state index is 0.261. The molecule has 50 valence electrons. The standard InChI is InChI=1S/C5H12O2S/c1-4(8)2-3-5(6)7/h4-8H,2-3H2,1H3. The van der Waals surface area contributed by atoms with E-state index < -0.39 is 6.29 Å². The van der Waals surface area contributed by atoms with Crippen LogP contribution in [-0.2, 0) is 0 Å². The molecule has 0 aromatic rings. The van der Waals surface area contributed by atoms with E-state index in [1.165, 1.54) is 0 Å². The van der Waals surface area contributed by atoms with Gasteiger partial charge in [-0.2, -0.15) is 12.6 Å². The number of hydrogen-bond donors (Lipinski definition) is 3. The summed E-state index contributed by atoms with van der Waals surface area (Å²) in [5.41, 5.74) is 0. The Hall–Kier alpha value is 0.270. The summed E-state index contributed by atoms with van der Waals surface area (Å²) in [6.07, 6.45) is 0.00966. The van der Waals surface area contributed by atoms with Crippen molar-refractivity contribution in [3.8, 4) is 0 Å². The molecule has 2 N–H and O–H groups in total. The summed E-state index contributed by atoms with van der Waals surface area (Å²) in [5.74, 6) is 0. The summed E-state index contributed by atoms with van der Waals surface area (Å²) in [6.45, 7) is 1.92. The Morgan fingerprint density at radius 3 is 2.00 bits per heavy atom. The molecule has 2 nitrogen and oxygen atoms in total. The van der Waals surface area contributed by atoms with Crippen LogP contribution in [0.5, 0.6) is 0 Å². The molecule has 0 aromatic carbocycles. The highest BCUT2D eigenvalue weighted by molar-refractivity contribution is 7.80. The highest BCUT2D eigenvalue weighted by atomic mass is 32.1. The van der Waals surface area contributed by atoms with Crippen molar-refractivity contribution in [2.75, 3.05) is 0 Å². The van der Waals surface area contributed by atoms with Crippen LogP contribution >= 0.6 is 12.6 Å². The van der Waals surface area contributed by atoms with Gasteiger partial charge in [-0.1, -0.05) is 6.92 Å². The third-order valence-electron chi connectivity index (χ3n) is 0.843. The van der Waals surface area contributed by atoms with Gasteiger partial charge in [-0.05, 0) is 18.1 Å². The number of aliphatic hydroxyl groups excluding tert-OH is 1. The lowest BCUT2D eigenvalue weighted by atomic mass is 10.2. The number of thiol groups is 1. The second-order valence-corrected chi connectivity index (χ2v) is 2.79.